The van der Waals surface area contributed by atoms with E-state index < -0.39 is 11.7 Å². The second-order valence-electron chi connectivity index (χ2n) is 6.84. The molecule has 26 heavy (non-hydrogen) atoms. The fraction of sp³-hybridized carbons (Fsp3) is 0.300. The van der Waals surface area contributed by atoms with E-state index in [1.54, 1.807) is 64.3 Å². The fourth-order valence-electron chi connectivity index (χ4n) is 2.22. The summed E-state index contributed by atoms with van der Waals surface area (Å²) in [5.74, 6) is 0.422. The van der Waals surface area contributed by atoms with E-state index in [1.807, 2.05) is 13.0 Å². The number of methoxy groups -OCH3 is 1. The standard InChI is InChI=1S/C20H24N2O4/c1-13-6-7-14(12-17(13)25-5)18(23)21-15-8-10-16(11-9-15)22-19(24)26-20(2,3)4/h6-12H,1-5H3,(H,21,23)(H,22,24). The summed E-state index contributed by atoms with van der Waals surface area (Å²) in [5, 5.41) is 5.45. The normalized spacial score (nSPS) is 10.8. The van der Waals surface area contributed by atoms with Gasteiger partial charge in [-0.25, -0.2) is 4.79 Å². The highest BCUT2D eigenvalue weighted by atomic mass is 16.6. The Bertz CT molecular complexity index is 792. The number of anilines is 2. The zero-order valence-electron chi connectivity index (χ0n) is 15.7. The van der Waals surface area contributed by atoms with Crippen molar-refractivity contribution in [1.29, 1.82) is 0 Å². The number of hydrogen-bond donors (Lipinski definition) is 2. The quantitative estimate of drug-likeness (QED) is 0.839. The van der Waals surface area contributed by atoms with Crippen molar-refractivity contribution in [1.82, 2.24) is 0 Å². The van der Waals surface area contributed by atoms with Gasteiger partial charge in [-0.2, -0.15) is 0 Å². The van der Waals surface area contributed by atoms with Crippen molar-refractivity contribution in [2.45, 2.75) is 33.3 Å². The molecule has 0 radical (unpaired) electrons. The molecular weight excluding hydrogens is 332 g/mol. The first-order valence-electron chi connectivity index (χ1n) is 8.24. The van der Waals surface area contributed by atoms with Crippen molar-refractivity contribution < 1.29 is 19.1 Å². The maximum absolute atomic E-state index is 12.4. The number of rotatable bonds is 4. The van der Waals surface area contributed by atoms with Gasteiger partial charge in [-0.3, -0.25) is 10.1 Å². The molecule has 0 spiro atoms. The molecule has 6 heteroatoms. The monoisotopic (exact) mass is 356 g/mol. The fourth-order valence-corrected chi connectivity index (χ4v) is 2.22. The SMILES string of the molecule is COc1cc(C(=O)Nc2ccc(NC(=O)OC(C)(C)C)cc2)ccc1C. The minimum absolute atomic E-state index is 0.240. The third kappa shape index (κ3) is 5.51. The molecule has 2 amide bonds. The molecule has 2 N–H and O–H groups in total. The minimum atomic E-state index is -0.562. The summed E-state index contributed by atoms with van der Waals surface area (Å²) in [6.07, 6.45) is -0.527. The molecule has 0 aliphatic rings. The number of amides is 2. The molecule has 0 unspecified atom stereocenters. The zero-order chi connectivity index (χ0) is 19.3. The van der Waals surface area contributed by atoms with Crippen LogP contribution in [-0.4, -0.2) is 24.7 Å². The van der Waals surface area contributed by atoms with Gasteiger partial charge in [0, 0.05) is 16.9 Å². The number of aryl methyl sites for hydroxylation is 1. The Hall–Kier alpha value is -3.02. The van der Waals surface area contributed by atoms with E-state index >= 15 is 0 Å². The Balaban J connectivity index is 2.00. The summed E-state index contributed by atoms with van der Waals surface area (Å²) in [4.78, 5) is 24.1. The third-order valence-corrected chi connectivity index (χ3v) is 3.46. The van der Waals surface area contributed by atoms with Crippen LogP contribution < -0.4 is 15.4 Å². The van der Waals surface area contributed by atoms with Gasteiger partial charge in [0.05, 0.1) is 7.11 Å². The maximum Gasteiger partial charge on any atom is 0.412 e. The lowest BCUT2D eigenvalue weighted by Gasteiger charge is -2.19. The number of benzene rings is 2. The topological polar surface area (TPSA) is 76.7 Å². The molecule has 0 fully saturated rings. The smallest absolute Gasteiger partial charge is 0.412 e. The van der Waals surface area contributed by atoms with Crippen molar-refractivity contribution in [3.05, 3.63) is 53.6 Å². The summed E-state index contributed by atoms with van der Waals surface area (Å²) in [6, 6.07) is 12.1. The molecule has 0 aliphatic heterocycles. The van der Waals surface area contributed by atoms with Crippen LogP contribution in [-0.2, 0) is 4.74 Å². The van der Waals surface area contributed by atoms with Crippen LogP contribution in [0.25, 0.3) is 0 Å². The van der Waals surface area contributed by atoms with Gasteiger partial charge in [-0.15, -0.1) is 0 Å². The molecule has 0 heterocycles. The van der Waals surface area contributed by atoms with Gasteiger partial charge in [0.1, 0.15) is 11.4 Å². The first kappa shape index (κ1) is 19.3. The summed E-state index contributed by atoms with van der Waals surface area (Å²) in [7, 11) is 1.57. The summed E-state index contributed by atoms with van der Waals surface area (Å²) in [5.41, 5.74) is 2.09. The van der Waals surface area contributed by atoms with E-state index in [-0.39, 0.29) is 5.91 Å². The predicted octanol–water partition coefficient (Wildman–Crippen LogP) is 4.60. The molecule has 0 aromatic heterocycles. The van der Waals surface area contributed by atoms with Crippen LogP contribution in [0.5, 0.6) is 5.75 Å². The average Bonchev–Trinajstić information content (AvgIpc) is 2.55. The maximum atomic E-state index is 12.4. The lowest BCUT2D eigenvalue weighted by atomic mass is 10.1. The Kier molecular flexibility index (Phi) is 5.87. The van der Waals surface area contributed by atoms with Gasteiger partial charge in [0.25, 0.3) is 5.91 Å². The van der Waals surface area contributed by atoms with Crippen molar-refractivity contribution >= 4 is 23.4 Å². The van der Waals surface area contributed by atoms with Gasteiger partial charge < -0.3 is 14.8 Å². The molecule has 0 aliphatic carbocycles. The Morgan fingerprint density at radius 3 is 2.04 bits per heavy atom. The lowest BCUT2D eigenvalue weighted by molar-refractivity contribution is 0.0635. The van der Waals surface area contributed by atoms with Crippen LogP contribution in [0.4, 0.5) is 16.2 Å². The molecule has 0 saturated heterocycles. The third-order valence-electron chi connectivity index (χ3n) is 3.46. The molecule has 6 nitrogen and oxygen atoms in total. The summed E-state index contributed by atoms with van der Waals surface area (Å²) < 4.78 is 10.4. The minimum Gasteiger partial charge on any atom is -0.496 e. The van der Waals surface area contributed by atoms with Crippen LogP contribution >= 0.6 is 0 Å². The molecule has 0 atom stereocenters. The van der Waals surface area contributed by atoms with Gasteiger partial charge in [-0.05, 0) is 69.7 Å². The number of carbonyl (C=O) groups is 2. The molecular formula is C20H24N2O4. The average molecular weight is 356 g/mol. The number of nitrogens with one attached hydrogen (secondary N) is 2. The Labute approximate surface area is 153 Å². The van der Waals surface area contributed by atoms with Crippen LogP contribution in [0.3, 0.4) is 0 Å². The van der Waals surface area contributed by atoms with E-state index in [1.165, 1.54) is 0 Å². The Morgan fingerprint density at radius 2 is 1.50 bits per heavy atom. The van der Waals surface area contributed by atoms with Gasteiger partial charge in [0.15, 0.2) is 0 Å². The molecule has 2 aromatic carbocycles. The van der Waals surface area contributed by atoms with Crippen molar-refractivity contribution in [3.63, 3.8) is 0 Å². The predicted molar refractivity (Wildman–Crippen MR) is 102 cm³/mol. The molecule has 0 saturated carbocycles. The van der Waals surface area contributed by atoms with Crippen LogP contribution in [0.2, 0.25) is 0 Å². The Morgan fingerprint density at radius 1 is 0.923 bits per heavy atom. The van der Waals surface area contributed by atoms with Gasteiger partial charge in [-0.1, -0.05) is 6.07 Å². The van der Waals surface area contributed by atoms with Gasteiger partial charge in [0.2, 0.25) is 0 Å². The second kappa shape index (κ2) is 7.91. The van der Waals surface area contributed by atoms with Crippen LogP contribution in [0.15, 0.2) is 42.5 Å². The zero-order valence-corrected chi connectivity index (χ0v) is 15.7. The van der Waals surface area contributed by atoms with Gasteiger partial charge >= 0.3 is 6.09 Å². The van der Waals surface area contributed by atoms with Crippen molar-refractivity contribution in [2.75, 3.05) is 17.7 Å². The largest absolute Gasteiger partial charge is 0.496 e. The van der Waals surface area contributed by atoms with Crippen LogP contribution in [0, 0.1) is 6.92 Å². The number of ether oxygens (including phenoxy) is 2. The number of hydrogen-bond acceptors (Lipinski definition) is 4. The molecule has 0 bridgehead atoms. The van der Waals surface area contributed by atoms with E-state index in [0.717, 1.165) is 5.56 Å². The highest BCUT2D eigenvalue weighted by Crippen LogP contribution is 2.21. The van der Waals surface area contributed by atoms with E-state index in [0.29, 0.717) is 22.7 Å². The van der Waals surface area contributed by atoms with Crippen molar-refractivity contribution in [2.24, 2.45) is 0 Å². The second-order valence-corrected chi connectivity index (χ2v) is 6.84. The van der Waals surface area contributed by atoms with Crippen molar-refractivity contribution in [3.8, 4) is 5.75 Å². The summed E-state index contributed by atoms with van der Waals surface area (Å²) in [6.45, 7) is 7.30. The molecule has 138 valence electrons. The highest BCUT2D eigenvalue weighted by Gasteiger charge is 2.16. The van der Waals surface area contributed by atoms with E-state index in [4.69, 9.17) is 9.47 Å². The van der Waals surface area contributed by atoms with Crippen LogP contribution in [0.1, 0.15) is 36.7 Å². The highest BCUT2D eigenvalue weighted by molar-refractivity contribution is 6.04. The first-order valence-corrected chi connectivity index (χ1v) is 8.24. The van der Waals surface area contributed by atoms with E-state index in [9.17, 15) is 9.59 Å². The number of carbonyl (C=O) groups excluding carboxylic acids is 2. The lowest BCUT2D eigenvalue weighted by Crippen LogP contribution is -2.27. The molecule has 2 rings (SSSR count). The van der Waals surface area contributed by atoms with E-state index in [2.05, 4.69) is 10.6 Å². The first-order chi connectivity index (χ1) is 12.2. The summed E-state index contributed by atoms with van der Waals surface area (Å²) >= 11 is 0. The molecule has 2 aromatic rings.